The molecule has 3 aromatic carbocycles. The number of hydrogen-bond acceptors (Lipinski definition) is 2. The molecule has 0 unspecified atom stereocenters. The number of rotatable bonds is 3. The van der Waals surface area contributed by atoms with Crippen molar-refractivity contribution in [3.05, 3.63) is 94.3 Å². The summed E-state index contributed by atoms with van der Waals surface area (Å²) >= 11 is 0. The zero-order chi connectivity index (χ0) is 23.4. The number of halogens is 1. The average Bonchev–Trinajstić information content (AvgIpc) is 2.94. The van der Waals surface area contributed by atoms with Crippen molar-refractivity contribution in [1.82, 2.24) is 0 Å². The van der Waals surface area contributed by atoms with Crippen molar-refractivity contribution < 1.29 is 19.1 Å². The third kappa shape index (κ3) is 3.29. The van der Waals surface area contributed by atoms with Gasteiger partial charge in [0.05, 0.1) is 16.7 Å². The molecule has 0 radical (unpaired) electrons. The van der Waals surface area contributed by atoms with E-state index in [2.05, 4.69) is 0 Å². The van der Waals surface area contributed by atoms with E-state index in [1.165, 1.54) is 18.2 Å². The molecular formula is C27H26FNO3. The number of amides is 1. The van der Waals surface area contributed by atoms with E-state index in [9.17, 15) is 14.7 Å². The molecule has 1 N–H and O–H groups in total. The van der Waals surface area contributed by atoms with Crippen molar-refractivity contribution in [3.63, 3.8) is 0 Å². The van der Waals surface area contributed by atoms with E-state index in [0.29, 0.717) is 22.5 Å². The van der Waals surface area contributed by atoms with Gasteiger partial charge in [0.15, 0.2) is 0 Å². The summed E-state index contributed by atoms with van der Waals surface area (Å²) in [6.45, 7) is 9.58. The van der Waals surface area contributed by atoms with Crippen molar-refractivity contribution in [2.45, 2.75) is 45.4 Å². The highest BCUT2D eigenvalue weighted by atomic mass is 19.1. The maximum Gasteiger partial charge on any atom is 0.335 e. The first-order chi connectivity index (χ1) is 14.9. The van der Waals surface area contributed by atoms with Gasteiger partial charge in [-0.25, -0.2) is 9.18 Å². The lowest BCUT2D eigenvalue weighted by Gasteiger charge is -2.27. The molecule has 3 aromatic rings. The molecule has 1 atom stereocenters. The van der Waals surface area contributed by atoms with E-state index in [1.54, 1.807) is 30.0 Å². The minimum Gasteiger partial charge on any atom is -0.478 e. The normalized spacial score (nSPS) is 18.1. The summed E-state index contributed by atoms with van der Waals surface area (Å²) in [6.07, 6.45) is 0. The summed E-state index contributed by atoms with van der Waals surface area (Å²) in [5, 5.41) is 9.42. The van der Waals surface area contributed by atoms with Gasteiger partial charge < -0.3 is 5.11 Å². The summed E-state index contributed by atoms with van der Waals surface area (Å²) in [6, 6.07) is 17.1. The van der Waals surface area contributed by atoms with Crippen LogP contribution in [0.2, 0.25) is 0 Å². The van der Waals surface area contributed by atoms with Crippen molar-refractivity contribution in [3.8, 4) is 0 Å². The highest BCUT2D eigenvalue weighted by Crippen LogP contribution is 2.49. The third-order valence-electron chi connectivity index (χ3n) is 6.27. The Hall–Kier alpha value is -3.47. The van der Waals surface area contributed by atoms with Crippen LogP contribution in [0.4, 0.5) is 15.8 Å². The first-order valence-electron chi connectivity index (χ1n) is 10.5. The predicted octanol–water partition coefficient (Wildman–Crippen LogP) is 6.11. The largest absolute Gasteiger partial charge is 0.478 e. The van der Waals surface area contributed by atoms with Crippen LogP contribution < -0.4 is 4.90 Å². The summed E-state index contributed by atoms with van der Waals surface area (Å²) in [5.41, 5.74) is 2.66. The number of anilines is 2. The van der Waals surface area contributed by atoms with Crippen LogP contribution in [0.25, 0.3) is 0 Å². The zero-order valence-corrected chi connectivity index (χ0v) is 18.9. The summed E-state index contributed by atoms with van der Waals surface area (Å²) in [7, 11) is 0. The molecule has 5 heteroatoms. The monoisotopic (exact) mass is 431 g/mol. The molecule has 164 valence electrons. The van der Waals surface area contributed by atoms with Crippen LogP contribution in [-0.4, -0.2) is 17.0 Å². The van der Waals surface area contributed by atoms with Gasteiger partial charge in [-0.3, -0.25) is 9.69 Å². The second-order valence-corrected chi connectivity index (χ2v) is 9.59. The van der Waals surface area contributed by atoms with E-state index in [0.717, 1.165) is 11.1 Å². The Morgan fingerprint density at radius 2 is 1.75 bits per heavy atom. The van der Waals surface area contributed by atoms with Gasteiger partial charge in [0.2, 0.25) is 5.91 Å². The SMILES string of the molecule is Cc1ccc2c(c1)N(c1cccc(C(=O)O)c1)C(=O)[C@]2(C)c1ccc(C(C)(C)C)c(F)c1. The number of hydrogen-bond donors (Lipinski definition) is 1. The van der Waals surface area contributed by atoms with Gasteiger partial charge in [-0.15, -0.1) is 0 Å². The minimum absolute atomic E-state index is 0.0960. The number of benzene rings is 3. The first kappa shape index (κ1) is 21.8. The van der Waals surface area contributed by atoms with Crippen LogP contribution in [0.3, 0.4) is 0 Å². The predicted molar refractivity (Wildman–Crippen MR) is 123 cm³/mol. The van der Waals surface area contributed by atoms with Crippen molar-refractivity contribution in [2.24, 2.45) is 0 Å². The average molecular weight is 432 g/mol. The lowest BCUT2D eigenvalue weighted by atomic mass is 9.75. The van der Waals surface area contributed by atoms with Crippen molar-refractivity contribution in [1.29, 1.82) is 0 Å². The molecule has 4 rings (SSSR count). The van der Waals surface area contributed by atoms with E-state index in [1.807, 2.05) is 52.0 Å². The van der Waals surface area contributed by atoms with Gasteiger partial charge in [0, 0.05) is 5.69 Å². The standard InChI is InChI=1S/C27H26FNO3/c1-16-9-11-21-23(13-16)29(19-8-6-7-17(14-19)24(30)31)25(32)27(21,5)18-10-12-20(22(28)15-18)26(2,3)4/h6-15H,1-5H3,(H,30,31)/t27-/m1/s1. The highest BCUT2D eigenvalue weighted by Gasteiger charge is 2.49. The first-order valence-corrected chi connectivity index (χ1v) is 10.5. The van der Waals surface area contributed by atoms with Gasteiger partial charge in [-0.1, -0.05) is 51.1 Å². The minimum atomic E-state index is -1.11. The second-order valence-electron chi connectivity index (χ2n) is 9.59. The molecule has 1 aliphatic rings. The maximum absolute atomic E-state index is 15.1. The number of carboxylic acids is 1. The molecule has 0 saturated carbocycles. The third-order valence-corrected chi connectivity index (χ3v) is 6.27. The van der Waals surface area contributed by atoms with Crippen LogP contribution in [0.15, 0.2) is 60.7 Å². The van der Waals surface area contributed by atoms with Gasteiger partial charge in [0.1, 0.15) is 5.82 Å². The fraction of sp³-hybridized carbons (Fsp3) is 0.259. The van der Waals surface area contributed by atoms with Crippen LogP contribution >= 0.6 is 0 Å². The summed E-state index contributed by atoms with van der Waals surface area (Å²) < 4.78 is 15.1. The number of aromatic carboxylic acids is 1. The number of fused-ring (bicyclic) bond motifs is 1. The smallest absolute Gasteiger partial charge is 0.335 e. The number of carboxylic acid groups (broad SMARTS) is 1. The number of aryl methyl sites for hydroxylation is 1. The van der Waals surface area contributed by atoms with Crippen molar-refractivity contribution >= 4 is 23.3 Å². The lowest BCUT2D eigenvalue weighted by Crippen LogP contribution is -2.37. The molecule has 0 bridgehead atoms. The molecule has 1 heterocycles. The molecule has 32 heavy (non-hydrogen) atoms. The Morgan fingerprint density at radius 1 is 1.03 bits per heavy atom. The highest BCUT2D eigenvalue weighted by molar-refractivity contribution is 6.15. The van der Waals surface area contributed by atoms with Crippen LogP contribution in [0.1, 0.15) is 60.3 Å². The number of carbonyl (C=O) groups excluding carboxylic acids is 1. The van der Waals surface area contributed by atoms with Gasteiger partial charge in [-0.05, 0) is 71.8 Å². The quantitative estimate of drug-likeness (QED) is 0.544. The van der Waals surface area contributed by atoms with Crippen LogP contribution in [-0.2, 0) is 15.6 Å². The Bertz CT molecular complexity index is 1260. The Kier molecular flexibility index (Phi) is 4.96. The van der Waals surface area contributed by atoms with E-state index >= 15 is 4.39 Å². The van der Waals surface area contributed by atoms with E-state index in [-0.39, 0.29) is 22.7 Å². The number of nitrogens with zero attached hydrogens (tertiary/aromatic N) is 1. The zero-order valence-electron chi connectivity index (χ0n) is 18.9. The van der Waals surface area contributed by atoms with E-state index < -0.39 is 11.4 Å². The lowest BCUT2D eigenvalue weighted by molar-refractivity contribution is -0.120. The number of carbonyl (C=O) groups is 2. The molecule has 1 amide bonds. The van der Waals surface area contributed by atoms with Crippen LogP contribution in [0.5, 0.6) is 0 Å². The Morgan fingerprint density at radius 3 is 2.38 bits per heavy atom. The van der Waals surface area contributed by atoms with Crippen molar-refractivity contribution in [2.75, 3.05) is 4.90 Å². The molecule has 4 nitrogen and oxygen atoms in total. The van der Waals surface area contributed by atoms with Crippen LogP contribution in [0, 0.1) is 12.7 Å². The van der Waals surface area contributed by atoms with Gasteiger partial charge >= 0.3 is 5.97 Å². The fourth-order valence-corrected chi connectivity index (χ4v) is 4.45. The fourth-order valence-electron chi connectivity index (χ4n) is 4.45. The molecule has 0 spiro atoms. The topological polar surface area (TPSA) is 57.6 Å². The molecule has 0 aromatic heterocycles. The Labute approximate surface area is 187 Å². The van der Waals surface area contributed by atoms with E-state index in [4.69, 9.17) is 0 Å². The maximum atomic E-state index is 15.1. The Balaban J connectivity index is 1.92. The van der Waals surface area contributed by atoms with Gasteiger partial charge in [0.25, 0.3) is 0 Å². The molecule has 0 saturated heterocycles. The molecular weight excluding hydrogens is 405 g/mol. The van der Waals surface area contributed by atoms with Gasteiger partial charge in [-0.2, -0.15) is 0 Å². The molecule has 0 fully saturated rings. The molecule has 1 aliphatic heterocycles. The summed E-state index contributed by atoms with van der Waals surface area (Å²) in [5.74, 6) is -1.65. The second kappa shape index (κ2) is 7.30. The summed E-state index contributed by atoms with van der Waals surface area (Å²) in [4.78, 5) is 27.0. The molecule has 0 aliphatic carbocycles.